The predicted molar refractivity (Wildman–Crippen MR) is 35.4 cm³/mol. The number of rotatable bonds is 2. The molecular weight excluding hydrogens is 137 g/mol. The van der Waals surface area contributed by atoms with Crippen molar-refractivity contribution >= 4 is 9.03 Å². The molecule has 0 aliphatic rings. The van der Waals surface area contributed by atoms with Crippen LogP contribution in [-0.4, -0.2) is 9.88 Å². The van der Waals surface area contributed by atoms with Gasteiger partial charge in [-0.2, -0.15) is 0 Å². The summed E-state index contributed by atoms with van der Waals surface area (Å²) in [6.45, 7) is 0. The fourth-order valence-electron chi connectivity index (χ4n) is 0.460. The third-order valence-electron chi connectivity index (χ3n) is 0.798. The molecule has 0 spiro atoms. The number of hydrogen-bond acceptors (Lipinski definition) is 3. The zero-order valence-corrected chi connectivity index (χ0v) is 5.61. The average Bonchev–Trinajstić information content (AvgIpc) is 1.91. The van der Waals surface area contributed by atoms with E-state index in [4.69, 9.17) is 9.42 Å². The molecular formula is C5H6NO2P. The molecule has 0 saturated heterocycles. The van der Waals surface area contributed by atoms with Gasteiger partial charge in [-0.05, 0) is 12.1 Å². The van der Waals surface area contributed by atoms with Crippen molar-refractivity contribution in [2.75, 3.05) is 0 Å². The van der Waals surface area contributed by atoms with Crippen molar-refractivity contribution in [2.45, 2.75) is 0 Å². The summed E-state index contributed by atoms with van der Waals surface area (Å²) in [5.74, 6) is 0.596. The van der Waals surface area contributed by atoms with Crippen LogP contribution in [0.3, 0.4) is 0 Å². The molecule has 1 N–H and O–H groups in total. The van der Waals surface area contributed by atoms with Crippen molar-refractivity contribution in [1.29, 1.82) is 0 Å². The Labute approximate surface area is 54.6 Å². The molecule has 0 amide bonds. The van der Waals surface area contributed by atoms with Crippen molar-refractivity contribution < 1.29 is 9.42 Å². The fourth-order valence-corrected chi connectivity index (χ4v) is 0.686. The largest absolute Gasteiger partial charge is 0.448 e. The van der Waals surface area contributed by atoms with Crippen molar-refractivity contribution in [3.63, 3.8) is 0 Å². The minimum absolute atomic E-state index is 0.505. The summed E-state index contributed by atoms with van der Waals surface area (Å²) in [7, 11) is -0.505. The highest BCUT2D eigenvalue weighted by molar-refractivity contribution is 7.25. The van der Waals surface area contributed by atoms with Gasteiger partial charge in [0.05, 0.1) is 6.20 Å². The quantitative estimate of drug-likeness (QED) is 0.627. The summed E-state index contributed by atoms with van der Waals surface area (Å²) in [4.78, 5) is 12.1. The third-order valence-corrected chi connectivity index (χ3v) is 1.12. The van der Waals surface area contributed by atoms with Crippen LogP contribution in [-0.2, 0) is 0 Å². The lowest BCUT2D eigenvalue weighted by Crippen LogP contribution is -1.76. The van der Waals surface area contributed by atoms with Crippen LogP contribution in [0.5, 0.6) is 5.75 Å². The average molecular weight is 143 g/mol. The van der Waals surface area contributed by atoms with Crippen LogP contribution in [0.4, 0.5) is 0 Å². The Morgan fingerprint density at radius 1 is 1.67 bits per heavy atom. The number of aromatic nitrogens is 1. The van der Waals surface area contributed by atoms with Crippen molar-refractivity contribution in [3.05, 3.63) is 24.5 Å². The summed E-state index contributed by atoms with van der Waals surface area (Å²) >= 11 is 0. The highest BCUT2D eigenvalue weighted by Crippen LogP contribution is 2.14. The van der Waals surface area contributed by atoms with Gasteiger partial charge in [0.2, 0.25) is 9.03 Å². The number of nitrogens with zero attached hydrogens (tertiary/aromatic N) is 1. The van der Waals surface area contributed by atoms with E-state index in [1.54, 1.807) is 24.5 Å². The number of pyridine rings is 1. The van der Waals surface area contributed by atoms with Crippen LogP contribution in [0, 0.1) is 0 Å². The van der Waals surface area contributed by atoms with Gasteiger partial charge in [0.25, 0.3) is 0 Å². The first-order valence-electron chi connectivity index (χ1n) is 2.39. The Morgan fingerprint density at radius 2 is 2.56 bits per heavy atom. The van der Waals surface area contributed by atoms with Gasteiger partial charge in [-0.15, -0.1) is 0 Å². The first-order valence-corrected chi connectivity index (χ1v) is 3.25. The Balaban J connectivity index is 2.61. The Kier molecular flexibility index (Phi) is 2.43. The van der Waals surface area contributed by atoms with E-state index in [9.17, 15) is 0 Å². The predicted octanol–water partition coefficient (Wildman–Crippen LogP) is 0.961. The lowest BCUT2D eigenvalue weighted by molar-refractivity contribution is 0.513. The highest BCUT2D eigenvalue weighted by atomic mass is 31.1. The summed E-state index contributed by atoms with van der Waals surface area (Å²) in [5.41, 5.74) is 0. The van der Waals surface area contributed by atoms with Crippen molar-refractivity contribution in [3.8, 4) is 5.75 Å². The lowest BCUT2D eigenvalue weighted by atomic mass is 10.5. The number of hydrogen-bond donors (Lipinski definition) is 1. The maximum atomic E-state index is 8.30. The van der Waals surface area contributed by atoms with E-state index in [0.29, 0.717) is 5.75 Å². The molecule has 9 heavy (non-hydrogen) atoms. The van der Waals surface area contributed by atoms with E-state index in [1.807, 2.05) is 0 Å². The lowest BCUT2D eigenvalue weighted by Gasteiger charge is -1.96. The summed E-state index contributed by atoms with van der Waals surface area (Å²) < 4.78 is 4.73. The molecule has 0 aromatic carbocycles. The van der Waals surface area contributed by atoms with Gasteiger partial charge in [0, 0.05) is 6.20 Å². The second-order valence-electron chi connectivity index (χ2n) is 1.38. The van der Waals surface area contributed by atoms with E-state index in [-0.39, 0.29) is 0 Å². The van der Waals surface area contributed by atoms with Gasteiger partial charge in [-0.3, -0.25) is 4.98 Å². The molecule has 1 aromatic rings. The zero-order valence-electron chi connectivity index (χ0n) is 4.61. The minimum Gasteiger partial charge on any atom is -0.448 e. The van der Waals surface area contributed by atoms with E-state index >= 15 is 0 Å². The fraction of sp³-hybridized carbons (Fsp3) is 0. The Morgan fingerprint density at radius 3 is 3.11 bits per heavy atom. The van der Waals surface area contributed by atoms with Crippen LogP contribution in [0.15, 0.2) is 24.5 Å². The second kappa shape index (κ2) is 3.38. The van der Waals surface area contributed by atoms with Gasteiger partial charge in [0.1, 0.15) is 5.75 Å². The first kappa shape index (κ1) is 6.46. The molecule has 48 valence electrons. The third kappa shape index (κ3) is 1.96. The van der Waals surface area contributed by atoms with Crippen LogP contribution in [0.1, 0.15) is 0 Å². The molecule has 0 aliphatic heterocycles. The van der Waals surface area contributed by atoms with Gasteiger partial charge in [-0.25, -0.2) is 0 Å². The van der Waals surface area contributed by atoms with E-state index in [1.165, 1.54) is 0 Å². The van der Waals surface area contributed by atoms with Gasteiger partial charge in [-0.1, -0.05) is 0 Å². The topological polar surface area (TPSA) is 42.4 Å². The molecule has 1 atom stereocenters. The van der Waals surface area contributed by atoms with Crippen LogP contribution in [0.2, 0.25) is 0 Å². The smallest absolute Gasteiger partial charge is 0.212 e. The molecule has 1 unspecified atom stereocenters. The molecule has 4 heteroatoms. The molecule has 0 fully saturated rings. The van der Waals surface area contributed by atoms with Crippen LogP contribution < -0.4 is 4.52 Å². The molecule has 3 nitrogen and oxygen atoms in total. The molecule has 0 bridgehead atoms. The van der Waals surface area contributed by atoms with Crippen LogP contribution in [0.25, 0.3) is 0 Å². The first-order chi connectivity index (χ1) is 4.43. The van der Waals surface area contributed by atoms with E-state index in [0.717, 1.165) is 0 Å². The standard InChI is InChI=1S/C5H6NO2P/c7-9-8-5-2-1-3-6-4-5/h1-4,7,9H. The minimum atomic E-state index is -0.505. The van der Waals surface area contributed by atoms with Crippen LogP contribution >= 0.6 is 9.03 Å². The molecule has 1 aromatic heterocycles. The van der Waals surface area contributed by atoms with Crippen molar-refractivity contribution in [2.24, 2.45) is 0 Å². The molecule has 1 heterocycles. The van der Waals surface area contributed by atoms with Gasteiger partial charge in [0.15, 0.2) is 0 Å². The Hall–Kier alpha value is -0.660. The summed E-state index contributed by atoms with van der Waals surface area (Å²) in [6.07, 6.45) is 3.19. The summed E-state index contributed by atoms with van der Waals surface area (Å²) in [6, 6.07) is 3.48. The second-order valence-corrected chi connectivity index (χ2v) is 1.77. The molecule has 0 saturated carbocycles. The van der Waals surface area contributed by atoms with Gasteiger partial charge < -0.3 is 9.42 Å². The maximum Gasteiger partial charge on any atom is 0.212 e. The highest BCUT2D eigenvalue weighted by Gasteiger charge is 1.86. The monoisotopic (exact) mass is 143 g/mol. The zero-order chi connectivity index (χ0) is 6.53. The molecule has 0 aliphatic carbocycles. The molecule has 1 rings (SSSR count). The van der Waals surface area contributed by atoms with E-state index < -0.39 is 9.03 Å². The van der Waals surface area contributed by atoms with E-state index in [2.05, 4.69) is 4.98 Å². The maximum absolute atomic E-state index is 8.30. The normalized spacial score (nSPS) is 10.3. The molecule has 0 radical (unpaired) electrons. The summed E-state index contributed by atoms with van der Waals surface area (Å²) in [5, 5.41) is 0. The van der Waals surface area contributed by atoms with Crippen molar-refractivity contribution in [1.82, 2.24) is 4.98 Å². The van der Waals surface area contributed by atoms with Gasteiger partial charge >= 0.3 is 0 Å². The Bertz CT molecular complexity index is 168. The SMILES string of the molecule is OPOc1cccnc1.